The molecule has 6 nitrogen and oxygen atoms in total. The number of benzene rings is 1. The number of esters is 1. The molecule has 3 aromatic rings. The SMILES string of the molecule is COCCCn1c(C)cc(C(=O)COC(=O)c2ccc3[nH]c(C)c(C)c3c2)c1C. The van der Waals surface area contributed by atoms with Crippen LogP contribution in [0.2, 0.25) is 0 Å². The van der Waals surface area contributed by atoms with Crippen LogP contribution in [-0.4, -0.2) is 41.6 Å². The second-order valence-corrected chi connectivity index (χ2v) is 7.42. The van der Waals surface area contributed by atoms with Crippen molar-refractivity contribution >= 4 is 22.7 Å². The molecule has 2 aromatic heterocycles. The third-order valence-electron chi connectivity index (χ3n) is 5.48. The lowest BCUT2D eigenvalue weighted by molar-refractivity contribution is 0.0474. The Hall–Kier alpha value is -2.86. The lowest BCUT2D eigenvalue weighted by Crippen LogP contribution is -2.15. The Morgan fingerprint density at radius 3 is 2.59 bits per heavy atom. The zero-order valence-electron chi connectivity index (χ0n) is 17.7. The normalized spacial score (nSPS) is 11.2. The molecule has 0 unspecified atom stereocenters. The first-order valence-corrected chi connectivity index (χ1v) is 9.78. The van der Waals surface area contributed by atoms with Crippen molar-refractivity contribution < 1.29 is 19.1 Å². The number of carbonyl (C=O) groups is 2. The Balaban J connectivity index is 1.68. The number of hydrogen-bond acceptors (Lipinski definition) is 4. The molecule has 0 aliphatic rings. The molecule has 0 aliphatic heterocycles. The van der Waals surface area contributed by atoms with Crippen molar-refractivity contribution in [1.29, 1.82) is 0 Å². The molecule has 3 rings (SSSR count). The van der Waals surface area contributed by atoms with Gasteiger partial charge in [0.05, 0.1) is 5.56 Å². The maximum Gasteiger partial charge on any atom is 0.338 e. The van der Waals surface area contributed by atoms with Gasteiger partial charge in [0.25, 0.3) is 0 Å². The summed E-state index contributed by atoms with van der Waals surface area (Å²) in [6.07, 6.45) is 0.871. The van der Waals surface area contributed by atoms with Gasteiger partial charge < -0.3 is 19.0 Å². The van der Waals surface area contributed by atoms with E-state index in [4.69, 9.17) is 9.47 Å². The lowest BCUT2D eigenvalue weighted by Gasteiger charge is -2.09. The van der Waals surface area contributed by atoms with E-state index < -0.39 is 5.97 Å². The third kappa shape index (κ3) is 4.27. The number of nitrogens with one attached hydrogen (secondary N) is 1. The smallest absolute Gasteiger partial charge is 0.338 e. The summed E-state index contributed by atoms with van der Waals surface area (Å²) in [7, 11) is 1.68. The second kappa shape index (κ2) is 8.66. The van der Waals surface area contributed by atoms with Crippen LogP contribution in [-0.2, 0) is 16.0 Å². The average Bonchev–Trinajstić information content (AvgIpc) is 3.15. The molecule has 0 aliphatic carbocycles. The minimum Gasteiger partial charge on any atom is -0.454 e. The summed E-state index contributed by atoms with van der Waals surface area (Å²) in [5, 5.41) is 0.989. The molecule has 29 heavy (non-hydrogen) atoms. The third-order valence-corrected chi connectivity index (χ3v) is 5.48. The van der Waals surface area contributed by atoms with Crippen molar-refractivity contribution in [2.45, 2.75) is 40.7 Å². The molecule has 0 atom stereocenters. The van der Waals surface area contributed by atoms with Gasteiger partial charge in [0.2, 0.25) is 5.78 Å². The molecule has 2 heterocycles. The zero-order chi connectivity index (χ0) is 21.1. The van der Waals surface area contributed by atoms with Gasteiger partial charge in [-0.15, -0.1) is 0 Å². The number of Topliss-reactive ketones (excluding diaryl/α,β-unsaturated/α-hetero) is 1. The Morgan fingerprint density at radius 1 is 1.10 bits per heavy atom. The van der Waals surface area contributed by atoms with Gasteiger partial charge >= 0.3 is 5.97 Å². The molecule has 0 saturated heterocycles. The van der Waals surface area contributed by atoms with E-state index in [1.54, 1.807) is 13.2 Å². The minimum absolute atomic E-state index is 0.195. The molecule has 0 bridgehead atoms. The topological polar surface area (TPSA) is 73.3 Å². The number of nitrogens with zero attached hydrogens (tertiary/aromatic N) is 1. The van der Waals surface area contributed by atoms with Crippen molar-refractivity contribution in [3.05, 3.63) is 58.0 Å². The Kier molecular flexibility index (Phi) is 6.23. The number of ether oxygens (including phenoxy) is 2. The molecule has 6 heteroatoms. The van der Waals surface area contributed by atoms with Gasteiger partial charge in [0, 0.05) is 53.8 Å². The number of rotatable bonds is 8. The van der Waals surface area contributed by atoms with E-state index in [2.05, 4.69) is 9.55 Å². The number of ketones is 1. The highest BCUT2D eigenvalue weighted by Gasteiger charge is 2.18. The van der Waals surface area contributed by atoms with Gasteiger partial charge in [0.1, 0.15) is 0 Å². The standard InChI is InChI=1S/C23H28N2O4/c1-14-11-20(17(4)25(14)9-6-10-28-5)22(26)13-29-23(27)18-7-8-21-19(12-18)15(2)16(3)24-21/h7-8,11-12,24H,6,9-10,13H2,1-5H3. The van der Waals surface area contributed by atoms with Crippen molar-refractivity contribution in [3.63, 3.8) is 0 Å². The highest BCUT2D eigenvalue weighted by molar-refractivity contribution is 6.01. The summed E-state index contributed by atoms with van der Waals surface area (Å²) in [4.78, 5) is 28.4. The van der Waals surface area contributed by atoms with Gasteiger partial charge in [0.15, 0.2) is 6.61 Å². The van der Waals surface area contributed by atoms with E-state index >= 15 is 0 Å². The van der Waals surface area contributed by atoms with Crippen LogP contribution in [0.25, 0.3) is 10.9 Å². The van der Waals surface area contributed by atoms with E-state index in [0.29, 0.717) is 17.7 Å². The summed E-state index contributed by atoms with van der Waals surface area (Å²) >= 11 is 0. The maximum atomic E-state index is 12.6. The summed E-state index contributed by atoms with van der Waals surface area (Å²) in [6.45, 7) is 9.08. The molecule has 1 N–H and O–H groups in total. The van der Waals surface area contributed by atoms with E-state index in [9.17, 15) is 9.59 Å². The summed E-state index contributed by atoms with van der Waals surface area (Å²) in [5.74, 6) is -0.688. The minimum atomic E-state index is -0.493. The van der Waals surface area contributed by atoms with Crippen LogP contribution in [0.4, 0.5) is 0 Å². The van der Waals surface area contributed by atoms with Gasteiger partial charge in [-0.1, -0.05) is 0 Å². The molecular weight excluding hydrogens is 368 g/mol. The van der Waals surface area contributed by atoms with E-state index in [0.717, 1.165) is 46.5 Å². The number of carbonyl (C=O) groups excluding carboxylic acids is 2. The first-order chi connectivity index (χ1) is 13.8. The quantitative estimate of drug-likeness (QED) is 0.350. The van der Waals surface area contributed by atoms with Crippen LogP contribution < -0.4 is 0 Å². The van der Waals surface area contributed by atoms with Gasteiger partial charge in [-0.3, -0.25) is 4.79 Å². The molecular formula is C23H28N2O4. The van der Waals surface area contributed by atoms with Crippen LogP contribution in [0.15, 0.2) is 24.3 Å². The fourth-order valence-corrected chi connectivity index (χ4v) is 3.67. The fraction of sp³-hybridized carbons (Fsp3) is 0.391. The molecule has 0 fully saturated rings. The highest BCUT2D eigenvalue weighted by atomic mass is 16.5. The van der Waals surface area contributed by atoms with Crippen molar-refractivity contribution in [2.24, 2.45) is 0 Å². The second-order valence-electron chi connectivity index (χ2n) is 7.42. The van der Waals surface area contributed by atoms with Crippen LogP contribution in [0.5, 0.6) is 0 Å². The first kappa shape index (κ1) is 20.9. The number of aryl methyl sites for hydroxylation is 3. The molecule has 154 valence electrons. The van der Waals surface area contributed by atoms with Crippen LogP contribution in [0, 0.1) is 27.7 Å². The van der Waals surface area contributed by atoms with Crippen LogP contribution in [0.1, 0.15) is 49.8 Å². The first-order valence-electron chi connectivity index (χ1n) is 9.78. The van der Waals surface area contributed by atoms with Crippen molar-refractivity contribution in [2.75, 3.05) is 20.3 Å². The highest BCUT2D eigenvalue weighted by Crippen LogP contribution is 2.23. The van der Waals surface area contributed by atoms with Crippen LogP contribution >= 0.6 is 0 Å². The number of methoxy groups -OCH3 is 1. The number of aromatic nitrogens is 2. The summed E-state index contributed by atoms with van der Waals surface area (Å²) in [5.41, 5.74) is 6.09. The largest absolute Gasteiger partial charge is 0.454 e. The molecule has 0 saturated carbocycles. The molecule has 0 spiro atoms. The molecule has 0 radical (unpaired) electrons. The lowest BCUT2D eigenvalue weighted by atomic mass is 10.1. The summed E-state index contributed by atoms with van der Waals surface area (Å²) in [6, 6.07) is 7.24. The Labute approximate surface area is 170 Å². The predicted octanol–water partition coefficient (Wildman–Crippen LogP) is 4.28. The molecule has 1 aromatic carbocycles. The Morgan fingerprint density at radius 2 is 1.86 bits per heavy atom. The van der Waals surface area contributed by atoms with E-state index in [1.165, 1.54) is 0 Å². The number of hydrogen-bond donors (Lipinski definition) is 1. The summed E-state index contributed by atoms with van der Waals surface area (Å²) < 4.78 is 12.5. The van der Waals surface area contributed by atoms with Gasteiger partial charge in [-0.05, 0) is 63.9 Å². The predicted molar refractivity (Wildman–Crippen MR) is 113 cm³/mol. The number of H-pyrrole nitrogens is 1. The van der Waals surface area contributed by atoms with Crippen molar-refractivity contribution in [3.8, 4) is 0 Å². The van der Waals surface area contributed by atoms with Crippen molar-refractivity contribution in [1.82, 2.24) is 9.55 Å². The van der Waals surface area contributed by atoms with Gasteiger partial charge in [-0.2, -0.15) is 0 Å². The number of aromatic amines is 1. The number of fused-ring (bicyclic) bond motifs is 1. The fourth-order valence-electron chi connectivity index (χ4n) is 3.67. The Bertz CT molecular complexity index is 1060. The monoisotopic (exact) mass is 396 g/mol. The van der Waals surface area contributed by atoms with Crippen LogP contribution in [0.3, 0.4) is 0 Å². The average molecular weight is 396 g/mol. The molecule has 0 amide bonds. The zero-order valence-corrected chi connectivity index (χ0v) is 17.7. The van der Waals surface area contributed by atoms with E-state index in [1.807, 2.05) is 45.9 Å². The van der Waals surface area contributed by atoms with Gasteiger partial charge in [-0.25, -0.2) is 4.79 Å². The maximum absolute atomic E-state index is 12.6. The van der Waals surface area contributed by atoms with E-state index in [-0.39, 0.29) is 12.4 Å².